The van der Waals surface area contributed by atoms with Gasteiger partial charge >= 0.3 is 6.18 Å². The summed E-state index contributed by atoms with van der Waals surface area (Å²) in [6.07, 6.45) is -1.16. The minimum absolute atomic E-state index is 0.00764. The Labute approximate surface area is 175 Å². The molecule has 2 aromatic carbocycles. The lowest BCUT2D eigenvalue weighted by Crippen LogP contribution is -2.38. The van der Waals surface area contributed by atoms with Crippen molar-refractivity contribution < 1.29 is 27.2 Å². The highest BCUT2D eigenvalue weighted by atomic mass is 32.1. The lowest BCUT2D eigenvalue weighted by molar-refractivity contribution is -0.576. The summed E-state index contributed by atoms with van der Waals surface area (Å²) >= 11 is 5.42. The van der Waals surface area contributed by atoms with Gasteiger partial charge in [-0.1, -0.05) is 18.3 Å². The molecule has 0 unspecified atom stereocenters. The molecule has 3 nitrogen and oxygen atoms in total. The molecule has 0 aliphatic rings. The monoisotopic (exact) mass is 433 g/mol. The molecule has 3 rings (SSSR count). The van der Waals surface area contributed by atoms with Crippen molar-refractivity contribution in [1.29, 1.82) is 0 Å². The zero-order chi connectivity index (χ0) is 21.9. The number of pyridine rings is 1. The first-order valence-corrected chi connectivity index (χ1v) is 9.22. The molecule has 0 spiro atoms. The molecule has 3 aromatic rings. The van der Waals surface area contributed by atoms with Crippen molar-refractivity contribution in [2.45, 2.75) is 13.1 Å². The summed E-state index contributed by atoms with van der Waals surface area (Å²) in [7, 11) is 0. The third kappa shape index (κ3) is 5.01. The molecule has 0 amide bonds. The number of rotatable bonds is 4. The van der Waals surface area contributed by atoms with Crippen LogP contribution in [0.3, 0.4) is 0 Å². The zero-order valence-corrected chi connectivity index (χ0v) is 16.6. The van der Waals surface area contributed by atoms with Crippen LogP contribution in [-0.4, -0.2) is 10.1 Å². The molecule has 0 saturated heterocycles. The molecule has 8 heteroatoms. The van der Waals surface area contributed by atoms with E-state index in [1.165, 1.54) is 36.4 Å². The SMILES string of the molecule is Cc1ccc[n+](C(C(=S)Nc2cccc(C(F)(F)F)c2)=C(O)c2ccc(F)cc2)c1. The van der Waals surface area contributed by atoms with E-state index in [4.69, 9.17) is 12.2 Å². The highest BCUT2D eigenvalue weighted by Gasteiger charge is 2.31. The van der Waals surface area contributed by atoms with Crippen molar-refractivity contribution in [2.24, 2.45) is 0 Å². The van der Waals surface area contributed by atoms with E-state index >= 15 is 0 Å². The van der Waals surface area contributed by atoms with Gasteiger partial charge in [0.15, 0.2) is 23.1 Å². The highest BCUT2D eigenvalue weighted by Crippen LogP contribution is 2.31. The van der Waals surface area contributed by atoms with Gasteiger partial charge in [-0.05, 0) is 55.5 Å². The molecule has 0 atom stereocenters. The van der Waals surface area contributed by atoms with E-state index in [-0.39, 0.29) is 22.1 Å². The Morgan fingerprint density at radius 3 is 2.37 bits per heavy atom. The number of hydrogen-bond donors (Lipinski definition) is 2. The second-order valence-electron chi connectivity index (χ2n) is 6.53. The second-order valence-corrected chi connectivity index (χ2v) is 6.93. The van der Waals surface area contributed by atoms with Crippen molar-refractivity contribution in [3.8, 4) is 0 Å². The number of thiocarbonyl (C=S) groups is 1. The minimum atomic E-state index is -4.50. The molecule has 1 aromatic heterocycles. The predicted molar refractivity (Wildman–Crippen MR) is 111 cm³/mol. The number of hydrogen-bond acceptors (Lipinski definition) is 2. The second kappa shape index (κ2) is 8.62. The fraction of sp³-hybridized carbons (Fsp3) is 0.0909. The number of aliphatic hydroxyl groups is 1. The average Bonchev–Trinajstić information content (AvgIpc) is 2.68. The molecule has 0 fully saturated rings. The Morgan fingerprint density at radius 1 is 1.03 bits per heavy atom. The molecule has 0 aliphatic heterocycles. The van der Waals surface area contributed by atoms with Crippen LogP contribution in [0.1, 0.15) is 16.7 Å². The van der Waals surface area contributed by atoms with Crippen molar-refractivity contribution in [2.75, 3.05) is 5.32 Å². The van der Waals surface area contributed by atoms with Crippen molar-refractivity contribution in [3.05, 3.63) is 95.6 Å². The van der Waals surface area contributed by atoms with Crippen molar-refractivity contribution >= 4 is 34.3 Å². The number of halogens is 4. The van der Waals surface area contributed by atoms with Crippen LogP contribution in [-0.2, 0) is 6.18 Å². The molecule has 2 N–H and O–H groups in total. The summed E-state index contributed by atoms with van der Waals surface area (Å²) in [5.41, 5.74) is 0.592. The maximum absolute atomic E-state index is 13.3. The lowest BCUT2D eigenvalue weighted by atomic mass is 10.1. The first kappa shape index (κ1) is 21.4. The summed E-state index contributed by atoms with van der Waals surface area (Å²) < 4.78 is 53.9. The van der Waals surface area contributed by atoms with Crippen LogP contribution in [0.25, 0.3) is 11.5 Å². The van der Waals surface area contributed by atoms with Gasteiger partial charge in [-0.3, -0.25) is 0 Å². The topological polar surface area (TPSA) is 36.1 Å². The van der Waals surface area contributed by atoms with Gasteiger partial charge in [0.05, 0.1) is 5.56 Å². The standard InChI is InChI=1S/C22H16F4N2OS/c1-14-4-3-11-28(13-14)19(20(29)15-7-9-17(23)10-8-15)21(30)27-18-6-2-5-16(12-18)22(24,25)26/h2-13H,1H3,(H-,27,29,30)/p+1. The van der Waals surface area contributed by atoms with E-state index < -0.39 is 17.6 Å². The maximum Gasteiger partial charge on any atom is 0.416 e. The Hall–Kier alpha value is -3.26. The normalized spacial score (nSPS) is 12.3. The quantitative estimate of drug-likeness (QED) is 0.180. The van der Waals surface area contributed by atoms with Crippen LogP contribution >= 0.6 is 12.2 Å². The molecule has 1 heterocycles. The number of benzene rings is 2. The van der Waals surface area contributed by atoms with Crippen molar-refractivity contribution in [1.82, 2.24) is 0 Å². The highest BCUT2D eigenvalue weighted by molar-refractivity contribution is 7.81. The predicted octanol–water partition coefficient (Wildman–Crippen LogP) is 5.76. The summed E-state index contributed by atoms with van der Waals surface area (Å²) in [5, 5.41) is 13.6. The summed E-state index contributed by atoms with van der Waals surface area (Å²) in [4.78, 5) is -0.00764. The van der Waals surface area contributed by atoms with Crippen LogP contribution in [0, 0.1) is 12.7 Å². The van der Waals surface area contributed by atoms with E-state index in [9.17, 15) is 22.7 Å². The number of aryl methyl sites for hydroxylation is 1. The Morgan fingerprint density at radius 2 is 1.73 bits per heavy atom. The van der Waals surface area contributed by atoms with Crippen LogP contribution < -0.4 is 9.88 Å². The number of nitrogens with one attached hydrogen (secondary N) is 1. The van der Waals surface area contributed by atoms with Gasteiger partial charge in [0.25, 0.3) is 5.70 Å². The lowest BCUT2D eigenvalue weighted by Gasteiger charge is -2.12. The van der Waals surface area contributed by atoms with Crippen LogP contribution in [0.2, 0.25) is 0 Å². The largest absolute Gasteiger partial charge is 0.502 e. The van der Waals surface area contributed by atoms with Gasteiger partial charge in [-0.25, -0.2) is 4.39 Å². The Bertz CT molecular complexity index is 1110. The average molecular weight is 433 g/mol. The molecule has 0 bridgehead atoms. The zero-order valence-electron chi connectivity index (χ0n) is 15.7. The first-order valence-electron chi connectivity index (χ1n) is 8.81. The summed E-state index contributed by atoms with van der Waals surface area (Å²) in [6.45, 7) is 1.84. The van der Waals surface area contributed by atoms with Gasteiger partial charge in [0.2, 0.25) is 0 Å². The van der Waals surface area contributed by atoms with Gasteiger partial charge in [0, 0.05) is 22.9 Å². The van der Waals surface area contributed by atoms with E-state index in [1.807, 2.05) is 13.0 Å². The molecule has 30 heavy (non-hydrogen) atoms. The van der Waals surface area contributed by atoms with Crippen molar-refractivity contribution in [3.63, 3.8) is 0 Å². The molecule has 0 aliphatic carbocycles. The number of aliphatic hydroxyl groups excluding tert-OH is 1. The van der Waals surface area contributed by atoms with Gasteiger partial charge in [-0.2, -0.15) is 17.7 Å². The Kier molecular flexibility index (Phi) is 6.17. The third-order valence-electron chi connectivity index (χ3n) is 4.21. The molecular weight excluding hydrogens is 416 g/mol. The maximum atomic E-state index is 13.3. The number of alkyl halides is 3. The first-order chi connectivity index (χ1) is 14.1. The van der Waals surface area contributed by atoms with Gasteiger partial charge < -0.3 is 10.4 Å². The number of anilines is 1. The fourth-order valence-corrected chi connectivity index (χ4v) is 3.11. The number of aromatic nitrogens is 1. The molecule has 0 saturated carbocycles. The van der Waals surface area contributed by atoms with Gasteiger partial charge in [0.1, 0.15) is 5.82 Å². The van der Waals surface area contributed by atoms with Crippen LogP contribution in [0.5, 0.6) is 0 Å². The van der Waals surface area contributed by atoms with E-state index in [0.29, 0.717) is 5.56 Å². The van der Waals surface area contributed by atoms with E-state index in [0.717, 1.165) is 17.7 Å². The summed E-state index contributed by atoms with van der Waals surface area (Å²) in [5.74, 6) is -0.726. The smallest absolute Gasteiger partial charge is 0.416 e. The van der Waals surface area contributed by atoms with Crippen LogP contribution in [0.4, 0.5) is 23.2 Å². The third-order valence-corrected chi connectivity index (χ3v) is 4.51. The number of nitrogens with zero attached hydrogens (tertiary/aromatic N) is 1. The fourth-order valence-electron chi connectivity index (χ4n) is 2.79. The van der Waals surface area contributed by atoms with E-state index in [1.54, 1.807) is 23.0 Å². The van der Waals surface area contributed by atoms with E-state index in [2.05, 4.69) is 5.32 Å². The summed E-state index contributed by atoms with van der Waals surface area (Å²) in [6, 6.07) is 13.3. The van der Waals surface area contributed by atoms with Gasteiger partial charge in [-0.15, -0.1) is 0 Å². The van der Waals surface area contributed by atoms with Crippen LogP contribution in [0.15, 0.2) is 73.1 Å². The molecular formula is C22H17F4N2OS+. The molecule has 154 valence electrons. The Balaban J connectivity index is 2.05. The molecule has 0 radical (unpaired) electrons. The minimum Gasteiger partial charge on any atom is -0.502 e.